The van der Waals surface area contributed by atoms with E-state index < -0.39 is 0 Å². The van der Waals surface area contributed by atoms with Crippen molar-refractivity contribution in [3.05, 3.63) is 35.2 Å². The van der Waals surface area contributed by atoms with Crippen LogP contribution in [0.4, 0.5) is 5.69 Å². The van der Waals surface area contributed by atoms with Crippen LogP contribution in [0.1, 0.15) is 23.4 Å². The van der Waals surface area contributed by atoms with Gasteiger partial charge in [-0.25, -0.2) is 0 Å². The van der Waals surface area contributed by atoms with Crippen molar-refractivity contribution in [1.82, 2.24) is 10.2 Å². The molecule has 1 aromatic carbocycles. The Kier molecular flexibility index (Phi) is 3.51. The maximum Gasteiger partial charge on any atom is 0.231 e. The van der Waals surface area contributed by atoms with Crippen LogP contribution < -0.4 is 14.8 Å². The molecule has 6 nitrogen and oxygen atoms in total. The lowest BCUT2D eigenvalue weighted by molar-refractivity contribution is -0.116. The third-order valence-corrected chi connectivity index (χ3v) is 3.54. The van der Waals surface area contributed by atoms with Crippen molar-refractivity contribution >= 4 is 11.6 Å². The number of carbonyl (C=O) groups is 1. The number of rotatable bonds is 4. The number of anilines is 1. The molecule has 0 aliphatic carbocycles. The van der Waals surface area contributed by atoms with Crippen LogP contribution >= 0.6 is 0 Å². The lowest BCUT2D eigenvalue weighted by atomic mass is 10.1. The van der Waals surface area contributed by atoms with Gasteiger partial charge in [0.2, 0.25) is 12.7 Å². The second kappa shape index (κ2) is 5.47. The first-order valence-corrected chi connectivity index (χ1v) is 6.83. The van der Waals surface area contributed by atoms with E-state index in [2.05, 4.69) is 15.5 Å². The largest absolute Gasteiger partial charge is 0.454 e. The van der Waals surface area contributed by atoms with E-state index in [1.807, 2.05) is 13.8 Å². The molecule has 0 atom stereocenters. The number of nitrogens with one attached hydrogen (secondary N) is 2. The summed E-state index contributed by atoms with van der Waals surface area (Å²) < 4.78 is 10.5. The topological polar surface area (TPSA) is 76.2 Å². The number of hydrogen-bond acceptors (Lipinski definition) is 4. The maximum atomic E-state index is 12.0. The number of aromatic amines is 1. The highest BCUT2D eigenvalue weighted by Crippen LogP contribution is 2.34. The zero-order chi connectivity index (χ0) is 14.8. The molecule has 2 heterocycles. The van der Waals surface area contributed by atoms with Gasteiger partial charge in [0.15, 0.2) is 11.5 Å². The molecule has 0 fully saturated rings. The monoisotopic (exact) mass is 287 g/mol. The molecule has 21 heavy (non-hydrogen) atoms. The van der Waals surface area contributed by atoms with Crippen molar-refractivity contribution in [3.63, 3.8) is 0 Å². The molecule has 2 N–H and O–H groups in total. The molecule has 0 unspecified atom stereocenters. The minimum atomic E-state index is -0.0335. The minimum Gasteiger partial charge on any atom is -0.454 e. The SMILES string of the molecule is Cc1n[nH]c(C)c1CCC(=O)Nc1ccc2c(c1)OCO2. The van der Waals surface area contributed by atoms with Gasteiger partial charge in [0, 0.05) is 23.9 Å². The summed E-state index contributed by atoms with van der Waals surface area (Å²) in [6, 6.07) is 5.37. The summed E-state index contributed by atoms with van der Waals surface area (Å²) in [6.07, 6.45) is 1.08. The second-order valence-electron chi connectivity index (χ2n) is 5.03. The van der Waals surface area contributed by atoms with Crippen LogP contribution in [0.15, 0.2) is 18.2 Å². The van der Waals surface area contributed by atoms with E-state index in [9.17, 15) is 4.79 Å². The van der Waals surface area contributed by atoms with Crippen LogP contribution in [0.25, 0.3) is 0 Å². The van der Waals surface area contributed by atoms with Gasteiger partial charge in [-0.1, -0.05) is 0 Å². The molecular formula is C15H17N3O3. The number of hydrogen-bond donors (Lipinski definition) is 2. The number of nitrogens with zero attached hydrogens (tertiary/aromatic N) is 1. The predicted molar refractivity (Wildman–Crippen MR) is 77.6 cm³/mol. The lowest BCUT2D eigenvalue weighted by Crippen LogP contribution is -2.12. The highest BCUT2D eigenvalue weighted by atomic mass is 16.7. The zero-order valence-electron chi connectivity index (χ0n) is 12.0. The molecule has 6 heteroatoms. The van der Waals surface area contributed by atoms with E-state index in [-0.39, 0.29) is 12.7 Å². The smallest absolute Gasteiger partial charge is 0.231 e. The number of amides is 1. The van der Waals surface area contributed by atoms with Gasteiger partial charge in [-0.2, -0.15) is 5.10 Å². The molecule has 1 aromatic heterocycles. The summed E-state index contributed by atoms with van der Waals surface area (Å²) in [5, 5.41) is 9.92. The van der Waals surface area contributed by atoms with Crippen LogP contribution in [0.2, 0.25) is 0 Å². The third-order valence-electron chi connectivity index (χ3n) is 3.54. The molecule has 0 saturated heterocycles. The minimum absolute atomic E-state index is 0.0335. The van der Waals surface area contributed by atoms with Crippen molar-refractivity contribution in [3.8, 4) is 11.5 Å². The van der Waals surface area contributed by atoms with Crippen LogP contribution in [0, 0.1) is 13.8 Å². The Labute approximate surface area is 122 Å². The highest BCUT2D eigenvalue weighted by molar-refractivity contribution is 5.91. The van der Waals surface area contributed by atoms with E-state index in [0.29, 0.717) is 30.0 Å². The van der Waals surface area contributed by atoms with Gasteiger partial charge in [-0.05, 0) is 38.0 Å². The van der Waals surface area contributed by atoms with Gasteiger partial charge >= 0.3 is 0 Å². The molecule has 2 aromatic rings. The van der Waals surface area contributed by atoms with Crippen molar-refractivity contribution < 1.29 is 14.3 Å². The summed E-state index contributed by atoms with van der Waals surface area (Å²) >= 11 is 0. The Bertz CT molecular complexity index is 659. The number of benzene rings is 1. The van der Waals surface area contributed by atoms with Gasteiger partial charge in [0.05, 0.1) is 5.69 Å². The molecule has 0 saturated carbocycles. The van der Waals surface area contributed by atoms with Gasteiger partial charge in [-0.15, -0.1) is 0 Å². The second-order valence-corrected chi connectivity index (χ2v) is 5.03. The van der Waals surface area contributed by atoms with Gasteiger partial charge in [0.25, 0.3) is 0 Å². The van der Waals surface area contributed by atoms with Crippen LogP contribution in [-0.2, 0) is 11.2 Å². The summed E-state index contributed by atoms with van der Waals surface area (Å²) in [6.45, 7) is 4.13. The first-order chi connectivity index (χ1) is 10.1. The number of ether oxygens (including phenoxy) is 2. The van der Waals surface area contributed by atoms with E-state index in [1.54, 1.807) is 18.2 Å². The average molecular weight is 287 g/mol. The summed E-state index contributed by atoms with van der Waals surface area (Å²) in [4.78, 5) is 12.0. The molecule has 0 spiro atoms. The summed E-state index contributed by atoms with van der Waals surface area (Å²) in [7, 11) is 0. The molecule has 0 radical (unpaired) electrons. The Hall–Kier alpha value is -2.50. The fourth-order valence-corrected chi connectivity index (χ4v) is 2.38. The molecule has 0 bridgehead atoms. The Morgan fingerprint density at radius 2 is 2.14 bits per heavy atom. The molecule has 1 aliphatic heterocycles. The fraction of sp³-hybridized carbons (Fsp3) is 0.333. The molecule has 3 rings (SSSR count). The van der Waals surface area contributed by atoms with Crippen LogP contribution in [0.5, 0.6) is 11.5 Å². The Morgan fingerprint density at radius 1 is 1.33 bits per heavy atom. The van der Waals surface area contributed by atoms with E-state index in [0.717, 1.165) is 17.0 Å². The normalized spacial score (nSPS) is 12.5. The van der Waals surface area contributed by atoms with Gasteiger partial charge in [0.1, 0.15) is 0 Å². The summed E-state index contributed by atoms with van der Waals surface area (Å²) in [5.41, 5.74) is 3.78. The van der Waals surface area contributed by atoms with E-state index >= 15 is 0 Å². The fourth-order valence-electron chi connectivity index (χ4n) is 2.38. The van der Waals surface area contributed by atoms with Crippen molar-refractivity contribution in [2.24, 2.45) is 0 Å². The zero-order valence-corrected chi connectivity index (χ0v) is 12.0. The Morgan fingerprint density at radius 3 is 2.90 bits per heavy atom. The number of fused-ring (bicyclic) bond motifs is 1. The van der Waals surface area contributed by atoms with E-state index in [4.69, 9.17) is 9.47 Å². The molecular weight excluding hydrogens is 270 g/mol. The van der Waals surface area contributed by atoms with Crippen molar-refractivity contribution in [2.45, 2.75) is 26.7 Å². The van der Waals surface area contributed by atoms with Crippen molar-refractivity contribution in [1.29, 1.82) is 0 Å². The maximum absolute atomic E-state index is 12.0. The summed E-state index contributed by atoms with van der Waals surface area (Å²) in [5.74, 6) is 1.33. The number of H-pyrrole nitrogens is 1. The Balaban J connectivity index is 1.59. The predicted octanol–water partition coefficient (Wildman–Crippen LogP) is 2.33. The molecule has 110 valence electrons. The first-order valence-electron chi connectivity index (χ1n) is 6.83. The number of aryl methyl sites for hydroxylation is 2. The van der Waals surface area contributed by atoms with Crippen molar-refractivity contribution in [2.75, 3.05) is 12.1 Å². The third kappa shape index (κ3) is 2.84. The molecule has 1 aliphatic rings. The van der Waals surface area contributed by atoms with Crippen LogP contribution in [0.3, 0.4) is 0 Å². The number of carbonyl (C=O) groups excluding carboxylic acids is 1. The van der Waals surface area contributed by atoms with Crippen LogP contribution in [-0.4, -0.2) is 22.9 Å². The first kappa shape index (κ1) is 13.5. The molecule has 1 amide bonds. The number of aromatic nitrogens is 2. The van der Waals surface area contributed by atoms with Gasteiger partial charge in [-0.3, -0.25) is 9.89 Å². The lowest BCUT2D eigenvalue weighted by Gasteiger charge is -2.06. The van der Waals surface area contributed by atoms with Gasteiger partial charge < -0.3 is 14.8 Å². The quantitative estimate of drug-likeness (QED) is 0.905. The standard InChI is InChI=1S/C15H17N3O3/c1-9-12(10(2)18-17-9)4-6-15(19)16-11-3-5-13-14(7-11)21-8-20-13/h3,5,7H,4,6,8H2,1-2H3,(H,16,19)(H,17,18). The van der Waals surface area contributed by atoms with E-state index in [1.165, 1.54) is 0 Å². The highest BCUT2D eigenvalue weighted by Gasteiger charge is 2.14. The average Bonchev–Trinajstić information content (AvgIpc) is 3.04.